The summed E-state index contributed by atoms with van der Waals surface area (Å²) in [6.07, 6.45) is -0.545. The van der Waals surface area contributed by atoms with E-state index < -0.39 is 12.0 Å². The lowest BCUT2D eigenvalue weighted by Crippen LogP contribution is -2.19. The fourth-order valence-electron chi connectivity index (χ4n) is 3.27. The molecule has 0 aromatic heterocycles. The first-order chi connectivity index (χ1) is 12.5. The van der Waals surface area contributed by atoms with Crippen LogP contribution >= 0.6 is 0 Å². The van der Waals surface area contributed by atoms with E-state index in [0.717, 1.165) is 11.1 Å². The summed E-state index contributed by atoms with van der Waals surface area (Å²) in [6.45, 7) is 0. The van der Waals surface area contributed by atoms with Crippen LogP contribution in [-0.4, -0.2) is 21.1 Å². The normalized spacial score (nSPS) is 18.2. The Labute approximate surface area is 149 Å². The summed E-state index contributed by atoms with van der Waals surface area (Å²) in [7, 11) is 0. The van der Waals surface area contributed by atoms with Gasteiger partial charge < -0.3 is 20.1 Å². The van der Waals surface area contributed by atoms with Gasteiger partial charge >= 0.3 is 0 Å². The van der Waals surface area contributed by atoms with Crippen molar-refractivity contribution in [2.45, 2.75) is 12.0 Å². The molecule has 3 aromatic rings. The molecule has 2 atom stereocenters. The number of hydrogen-bond acceptors (Lipinski definition) is 5. The zero-order chi connectivity index (χ0) is 18.3. The first-order valence-electron chi connectivity index (χ1n) is 8.15. The van der Waals surface area contributed by atoms with Crippen molar-refractivity contribution < 1.29 is 24.9 Å². The van der Waals surface area contributed by atoms with E-state index >= 15 is 0 Å². The number of benzene rings is 3. The van der Waals surface area contributed by atoms with Gasteiger partial charge in [-0.25, -0.2) is 0 Å². The zero-order valence-corrected chi connectivity index (χ0v) is 13.7. The zero-order valence-electron chi connectivity index (χ0n) is 13.7. The minimum Gasteiger partial charge on any atom is -0.508 e. The number of fused-ring (bicyclic) bond motifs is 1. The van der Waals surface area contributed by atoms with Crippen LogP contribution in [-0.2, 0) is 0 Å². The summed E-state index contributed by atoms with van der Waals surface area (Å²) in [5.41, 5.74) is 1.82. The largest absolute Gasteiger partial charge is 0.508 e. The van der Waals surface area contributed by atoms with E-state index in [1.807, 2.05) is 24.3 Å². The van der Waals surface area contributed by atoms with Crippen molar-refractivity contribution in [2.75, 3.05) is 0 Å². The molecule has 26 heavy (non-hydrogen) atoms. The SMILES string of the molecule is O=C(c1ccc(O)c(O)c1)[C@@H]1c2ccccc2O[C@H]1c1ccc(O)cc1. The van der Waals surface area contributed by atoms with E-state index in [0.29, 0.717) is 5.75 Å². The third-order valence-corrected chi connectivity index (χ3v) is 4.57. The molecule has 0 unspecified atom stereocenters. The second-order valence-corrected chi connectivity index (χ2v) is 6.21. The molecular weight excluding hydrogens is 332 g/mol. The van der Waals surface area contributed by atoms with Gasteiger partial charge in [-0.3, -0.25) is 4.79 Å². The molecule has 0 saturated heterocycles. The molecule has 0 saturated carbocycles. The molecule has 0 radical (unpaired) electrons. The van der Waals surface area contributed by atoms with Crippen molar-refractivity contribution in [1.29, 1.82) is 0 Å². The van der Waals surface area contributed by atoms with Crippen LogP contribution in [0.25, 0.3) is 0 Å². The van der Waals surface area contributed by atoms with Gasteiger partial charge in [0, 0.05) is 11.1 Å². The highest BCUT2D eigenvalue weighted by Gasteiger charge is 2.40. The van der Waals surface area contributed by atoms with E-state index in [1.165, 1.54) is 18.2 Å². The fourth-order valence-corrected chi connectivity index (χ4v) is 3.27. The molecule has 0 aliphatic carbocycles. The van der Waals surface area contributed by atoms with Gasteiger partial charge in [-0.1, -0.05) is 30.3 Å². The quantitative estimate of drug-likeness (QED) is 0.493. The lowest BCUT2D eigenvalue weighted by molar-refractivity contribution is 0.0895. The van der Waals surface area contributed by atoms with Gasteiger partial charge in [0.15, 0.2) is 17.3 Å². The maximum atomic E-state index is 13.2. The molecule has 3 aromatic carbocycles. The van der Waals surface area contributed by atoms with Crippen molar-refractivity contribution in [3.05, 3.63) is 83.4 Å². The fraction of sp³-hybridized carbons (Fsp3) is 0.0952. The average Bonchev–Trinajstić information content (AvgIpc) is 3.03. The summed E-state index contributed by atoms with van der Waals surface area (Å²) < 4.78 is 6.03. The van der Waals surface area contributed by atoms with Crippen LogP contribution in [0.5, 0.6) is 23.0 Å². The maximum Gasteiger partial charge on any atom is 0.174 e. The number of phenols is 3. The van der Waals surface area contributed by atoms with Crippen LogP contribution in [0.4, 0.5) is 0 Å². The molecule has 1 aliphatic heterocycles. The number of hydrogen-bond donors (Lipinski definition) is 3. The van der Waals surface area contributed by atoms with E-state index in [-0.39, 0.29) is 28.6 Å². The lowest BCUT2D eigenvalue weighted by Gasteiger charge is -2.19. The van der Waals surface area contributed by atoms with Crippen molar-refractivity contribution in [3.63, 3.8) is 0 Å². The van der Waals surface area contributed by atoms with Gasteiger partial charge in [-0.15, -0.1) is 0 Å². The smallest absolute Gasteiger partial charge is 0.174 e. The predicted molar refractivity (Wildman–Crippen MR) is 94.8 cm³/mol. The molecule has 1 heterocycles. The molecule has 3 N–H and O–H groups in total. The van der Waals surface area contributed by atoms with E-state index in [9.17, 15) is 20.1 Å². The minimum atomic E-state index is -0.598. The van der Waals surface area contributed by atoms with Crippen LogP contribution in [0.3, 0.4) is 0 Å². The van der Waals surface area contributed by atoms with E-state index in [1.54, 1.807) is 24.3 Å². The maximum absolute atomic E-state index is 13.2. The van der Waals surface area contributed by atoms with Gasteiger partial charge in [-0.05, 0) is 42.0 Å². The van der Waals surface area contributed by atoms with Crippen LogP contribution in [0, 0.1) is 0 Å². The number of phenolic OH excluding ortho intramolecular Hbond substituents is 3. The van der Waals surface area contributed by atoms with Crippen LogP contribution in [0.1, 0.15) is 33.5 Å². The highest BCUT2D eigenvalue weighted by molar-refractivity contribution is 6.02. The van der Waals surface area contributed by atoms with Gasteiger partial charge in [0.25, 0.3) is 0 Å². The summed E-state index contributed by atoms with van der Waals surface area (Å²) in [6, 6.07) is 17.9. The number of carbonyl (C=O) groups is 1. The number of ketones is 1. The monoisotopic (exact) mass is 348 g/mol. The van der Waals surface area contributed by atoms with Crippen molar-refractivity contribution in [1.82, 2.24) is 0 Å². The second kappa shape index (κ2) is 6.11. The summed E-state index contributed by atoms with van der Waals surface area (Å²) in [5.74, 6) is -0.672. The summed E-state index contributed by atoms with van der Waals surface area (Å²) in [5, 5.41) is 28.8. The Morgan fingerprint density at radius 3 is 2.31 bits per heavy atom. The molecule has 0 bridgehead atoms. The number of rotatable bonds is 3. The Bertz CT molecular complexity index is 978. The average molecular weight is 348 g/mol. The third-order valence-electron chi connectivity index (χ3n) is 4.57. The van der Waals surface area contributed by atoms with Crippen molar-refractivity contribution in [3.8, 4) is 23.0 Å². The van der Waals surface area contributed by atoms with Crippen molar-refractivity contribution in [2.24, 2.45) is 0 Å². The third kappa shape index (κ3) is 2.63. The van der Waals surface area contributed by atoms with Gasteiger partial charge in [-0.2, -0.15) is 0 Å². The highest BCUT2D eigenvalue weighted by atomic mass is 16.5. The number of ether oxygens (including phenoxy) is 1. The van der Waals surface area contributed by atoms with Crippen LogP contribution in [0.2, 0.25) is 0 Å². The topological polar surface area (TPSA) is 87.0 Å². The standard InChI is InChI=1S/C21H16O5/c22-14-8-5-12(6-9-14)21-19(15-3-1-2-4-18(15)26-21)20(25)13-7-10-16(23)17(24)11-13/h1-11,19,21-24H/t19-,21-/m0/s1. The summed E-state index contributed by atoms with van der Waals surface area (Å²) >= 11 is 0. The van der Waals surface area contributed by atoms with E-state index in [2.05, 4.69) is 0 Å². The predicted octanol–water partition coefficient (Wildman–Crippen LogP) is 3.90. The molecular formula is C21H16O5. The molecule has 0 fully saturated rings. The molecule has 0 amide bonds. The number of aromatic hydroxyl groups is 3. The van der Waals surface area contributed by atoms with Gasteiger partial charge in [0.05, 0.1) is 5.92 Å². The number of para-hydroxylation sites is 1. The highest BCUT2D eigenvalue weighted by Crippen LogP contribution is 2.47. The molecule has 1 aliphatic rings. The molecule has 5 nitrogen and oxygen atoms in total. The minimum absolute atomic E-state index is 0.135. The number of Topliss-reactive ketones (excluding diaryl/α,β-unsaturated/α-hetero) is 1. The Morgan fingerprint density at radius 1 is 0.846 bits per heavy atom. The Morgan fingerprint density at radius 2 is 1.58 bits per heavy atom. The molecule has 0 spiro atoms. The lowest BCUT2D eigenvalue weighted by atomic mass is 9.85. The molecule has 130 valence electrons. The second-order valence-electron chi connectivity index (χ2n) is 6.21. The van der Waals surface area contributed by atoms with Gasteiger partial charge in [0.2, 0.25) is 0 Å². The Hall–Kier alpha value is -3.47. The molecule has 5 heteroatoms. The first-order valence-corrected chi connectivity index (χ1v) is 8.15. The van der Waals surface area contributed by atoms with E-state index in [4.69, 9.17) is 4.74 Å². The Kier molecular flexibility index (Phi) is 3.77. The van der Waals surface area contributed by atoms with Crippen LogP contribution in [0.15, 0.2) is 66.7 Å². The first kappa shape index (κ1) is 16.0. The van der Waals surface area contributed by atoms with Crippen molar-refractivity contribution >= 4 is 5.78 Å². The Balaban J connectivity index is 1.79. The number of carbonyl (C=O) groups excluding carboxylic acids is 1. The summed E-state index contributed by atoms with van der Waals surface area (Å²) in [4.78, 5) is 13.2. The molecule has 4 rings (SSSR count). The van der Waals surface area contributed by atoms with Crippen LogP contribution < -0.4 is 4.74 Å². The van der Waals surface area contributed by atoms with Gasteiger partial charge in [0.1, 0.15) is 17.6 Å².